The number of para-hydroxylation sites is 1. The summed E-state index contributed by atoms with van der Waals surface area (Å²) in [5.41, 5.74) is 1.27. The molecule has 0 radical (unpaired) electrons. The Kier molecular flexibility index (Phi) is 2.96. The lowest BCUT2D eigenvalue weighted by molar-refractivity contribution is 0.201. The number of rotatable bonds is 5. The molecule has 0 bridgehead atoms. The van der Waals surface area contributed by atoms with E-state index in [0.29, 0.717) is 6.61 Å². The summed E-state index contributed by atoms with van der Waals surface area (Å²) in [5.74, 6) is 1.01. The molecular weight excluding hydrogens is 188 g/mol. The maximum absolute atomic E-state index is 5.79. The monoisotopic (exact) mass is 206 g/mol. The minimum absolute atomic E-state index is 0.0284. The molecular formula is C13H18O2. The van der Waals surface area contributed by atoms with E-state index in [2.05, 4.69) is 26.0 Å². The molecule has 0 spiro atoms. The minimum Gasteiger partial charge on any atom is -0.490 e. The van der Waals surface area contributed by atoms with Crippen molar-refractivity contribution in [3.63, 3.8) is 0 Å². The molecule has 1 atom stereocenters. The zero-order valence-corrected chi connectivity index (χ0v) is 9.45. The summed E-state index contributed by atoms with van der Waals surface area (Å²) in [6.45, 7) is 5.74. The van der Waals surface area contributed by atoms with Crippen LogP contribution in [0.1, 0.15) is 25.8 Å². The molecule has 2 rings (SSSR count). The molecule has 1 unspecified atom stereocenters. The van der Waals surface area contributed by atoms with Crippen LogP contribution in [-0.4, -0.2) is 18.8 Å². The van der Waals surface area contributed by atoms with Gasteiger partial charge in [-0.05, 0) is 25.0 Å². The lowest BCUT2D eigenvalue weighted by Crippen LogP contribution is -2.17. The summed E-state index contributed by atoms with van der Waals surface area (Å²) in [4.78, 5) is 0. The van der Waals surface area contributed by atoms with E-state index >= 15 is 0 Å². The fourth-order valence-electron chi connectivity index (χ4n) is 1.56. The Morgan fingerprint density at radius 1 is 1.40 bits per heavy atom. The molecule has 2 heteroatoms. The highest BCUT2D eigenvalue weighted by Gasteiger charge is 2.40. The summed E-state index contributed by atoms with van der Waals surface area (Å²) in [6.07, 6.45) is 2.22. The van der Waals surface area contributed by atoms with E-state index in [4.69, 9.17) is 9.47 Å². The smallest absolute Gasteiger partial charge is 0.123 e. The summed E-state index contributed by atoms with van der Waals surface area (Å²) < 4.78 is 11.1. The first-order chi connectivity index (χ1) is 7.23. The molecule has 1 aliphatic rings. The van der Waals surface area contributed by atoms with Crippen LogP contribution in [0.15, 0.2) is 24.3 Å². The molecule has 0 aromatic heterocycles. The average molecular weight is 206 g/mol. The second-order valence-corrected chi connectivity index (χ2v) is 4.38. The van der Waals surface area contributed by atoms with Gasteiger partial charge in [-0.3, -0.25) is 0 Å². The fraction of sp³-hybridized carbons (Fsp3) is 0.538. The maximum Gasteiger partial charge on any atom is 0.123 e. The van der Waals surface area contributed by atoms with Gasteiger partial charge in [0, 0.05) is 0 Å². The van der Waals surface area contributed by atoms with E-state index in [9.17, 15) is 0 Å². The third-order valence-corrected chi connectivity index (χ3v) is 2.66. The van der Waals surface area contributed by atoms with Crippen LogP contribution >= 0.6 is 0 Å². The summed E-state index contributed by atoms with van der Waals surface area (Å²) in [6, 6.07) is 8.25. The second-order valence-electron chi connectivity index (χ2n) is 4.38. The minimum atomic E-state index is -0.0284. The Balaban J connectivity index is 1.99. The van der Waals surface area contributed by atoms with Crippen molar-refractivity contribution >= 4 is 0 Å². The van der Waals surface area contributed by atoms with Crippen LogP contribution in [0.2, 0.25) is 0 Å². The highest BCUT2D eigenvalue weighted by molar-refractivity contribution is 5.33. The SMILES string of the molecule is CCCc1ccccc1OCC1(C)CO1. The van der Waals surface area contributed by atoms with Gasteiger partial charge >= 0.3 is 0 Å². The van der Waals surface area contributed by atoms with Crippen LogP contribution in [0, 0.1) is 0 Å². The van der Waals surface area contributed by atoms with Crippen molar-refractivity contribution in [2.75, 3.05) is 13.2 Å². The molecule has 1 saturated heterocycles. The topological polar surface area (TPSA) is 21.8 Å². The highest BCUT2D eigenvalue weighted by atomic mass is 16.6. The summed E-state index contributed by atoms with van der Waals surface area (Å²) in [7, 11) is 0. The van der Waals surface area contributed by atoms with E-state index < -0.39 is 0 Å². The van der Waals surface area contributed by atoms with Crippen molar-refractivity contribution in [3.05, 3.63) is 29.8 Å². The van der Waals surface area contributed by atoms with Crippen LogP contribution in [0.3, 0.4) is 0 Å². The van der Waals surface area contributed by atoms with Crippen molar-refractivity contribution in [1.29, 1.82) is 0 Å². The Bertz CT molecular complexity index is 329. The Labute approximate surface area is 91.2 Å². The number of epoxide rings is 1. The first-order valence-electron chi connectivity index (χ1n) is 5.58. The van der Waals surface area contributed by atoms with Crippen molar-refractivity contribution in [3.8, 4) is 5.75 Å². The Morgan fingerprint density at radius 3 is 2.80 bits per heavy atom. The molecule has 15 heavy (non-hydrogen) atoms. The molecule has 1 aromatic rings. The van der Waals surface area contributed by atoms with Crippen LogP contribution in [0.5, 0.6) is 5.75 Å². The fourth-order valence-corrected chi connectivity index (χ4v) is 1.56. The third kappa shape index (κ3) is 2.72. The number of hydrogen-bond acceptors (Lipinski definition) is 2. The van der Waals surface area contributed by atoms with Crippen LogP contribution in [0.4, 0.5) is 0 Å². The highest BCUT2D eigenvalue weighted by Crippen LogP contribution is 2.28. The molecule has 2 nitrogen and oxygen atoms in total. The predicted molar refractivity (Wildman–Crippen MR) is 60.3 cm³/mol. The van der Waals surface area contributed by atoms with Gasteiger partial charge in [0.15, 0.2) is 0 Å². The van der Waals surface area contributed by atoms with Crippen molar-refractivity contribution in [2.24, 2.45) is 0 Å². The molecule has 82 valence electrons. The van der Waals surface area contributed by atoms with Gasteiger partial charge < -0.3 is 9.47 Å². The average Bonchev–Trinajstić information content (AvgIpc) is 2.97. The molecule has 0 amide bonds. The van der Waals surface area contributed by atoms with E-state index in [1.165, 1.54) is 5.56 Å². The largest absolute Gasteiger partial charge is 0.490 e. The predicted octanol–water partition coefficient (Wildman–Crippen LogP) is 2.81. The van der Waals surface area contributed by atoms with Crippen LogP contribution < -0.4 is 4.74 Å². The number of benzene rings is 1. The van der Waals surface area contributed by atoms with E-state index in [0.717, 1.165) is 25.2 Å². The van der Waals surface area contributed by atoms with Crippen molar-refractivity contribution < 1.29 is 9.47 Å². The third-order valence-electron chi connectivity index (χ3n) is 2.66. The van der Waals surface area contributed by atoms with Gasteiger partial charge in [-0.25, -0.2) is 0 Å². The normalized spacial score (nSPS) is 23.9. The lowest BCUT2D eigenvalue weighted by atomic mass is 10.1. The number of aryl methyl sites for hydroxylation is 1. The number of ether oxygens (including phenoxy) is 2. The molecule has 1 fully saturated rings. The summed E-state index contributed by atoms with van der Waals surface area (Å²) in [5, 5.41) is 0. The van der Waals surface area contributed by atoms with Gasteiger partial charge in [0.25, 0.3) is 0 Å². The second kappa shape index (κ2) is 4.23. The van der Waals surface area contributed by atoms with Gasteiger partial charge in [-0.15, -0.1) is 0 Å². The van der Waals surface area contributed by atoms with Gasteiger partial charge in [0.05, 0.1) is 6.61 Å². The molecule has 0 N–H and O–H groups in total. The maximum atomic E-state index is 5.79. The zero-order chi connectivity index (χ0) is 10.7. The Morgan fingerprint density at radius 2 is 2.13 bits per heavy atom. The van der Waals surface area contributed by atoms with E-state index in [1.807, 2.05) is 12.1 Å². The van der Waals surface area contributed by atoms with E-state index in [-0.39, 0.29) is 5.60 Å². The van der Waals surface area contributed by atoms with Crippen LogP contribution in [-0.2, 0) is 11.2 Å². The number of hydrogen-bond donors (Lipinski definition) is 0. The first-order valence-corrected chi connectivity index (χ1v) is 5.58. The van der Waals surface area contributed by atoms with Crippen molar-refractivity contribution in [1.82, 2.24) is 0 Å². The molecule has 0 saturated carbocycles. The lowest BCUT2D eigenvalue weighted by Gasteiger charge is -2.12. The molecule has 1 aliphatic heterocycles. The summed E-state index contributed by atoms with van der Waals surface area (Å²) >= 11 is 0. The molecule has 1 heterocycles. The standard InChI is InChI=1S/C13H18O2/c1-3-6-11-7-4-5-8-12(11)14-9-13(2)10-15-13/h4-5,7-8H,3,6,9-10H2,1-2H3. The van der Waals surface area contributed by atoms with Gasteiger partial charge in [-0.2, -0.15) is 0 Å². The van der Waals surface area contributed by atoms with Gasteiger partial charge in [0.1, 0.15) is 18.0 Å². The zero-order valence-electron chi connectivity index (χ0n) is 9.45. The molecule has 1 aromatic carbocycles. The Hall–Kier alpha value is -1.02. The molecule has 0 aliphatic carbocycles. The van der Waals surface area contributed by atoms with Gasteiger partial charge in [0.2, 0.25) is 0 Å². The van der Waals surface area contributed by atoms with Crippen molar-refractivity contribution in [2.45, 2.75) is 32.3 Å². The van der Waals surface area contributed by atoms with Crippen LogP contribution in [0.25, 0.3) is 0 Å². The first kappa shape index (κ1) is 10.5. The van der Waals surface area contributed by atoms with E-state index in [1.54, 1.807) is 0 Å². The van der Waals surface area contributed by atoms with Gasteiger partial charge in [-0.1, -0.05) is 31.5 Å². The quantitative estimate of drug-likeness (QED) is 0.691.